The van der Waals surface area contributed by atoms with Gasteiger partial charge in [-0.05, 0) is 123 Å². The minimum absolute atomic E-state index is 0.0180. The fraction of sp³-hybridized carbons (Fsp3) is 0.750. The number of aliphatic hydroxyl groups excluding tert-OH is 2. The molecule has 462 valence electrons. The van der Waals surface area contributed by atoms with Crippen LogP contribution in [0.25, 0.3) is 0 Å². The molecule has 13 atom stereocenters. The van der Waals surface area contributed by atoms with Crippen LogP contribution in [-0.2, 0) is 52.7 Å². The lowest BCUT2D eigenvalue weighted by atomic mass is 10.0. The summed E-state index contributed by atoms with van der Waals surface area (Å²) in [7, 11) is 0. The molecule has 1 rings (SSSR count). The number of carbonyl (C=O) groups is 11. The molecule has 0 spiro atoms. The van der Waals surface area contributed by atoms with Gasteiger partial charge in [0.15, 0.2) is 0 Å². The zero-order valence-corrected chi connectivity index (χ0v) is 48.3. The number of carbonyl (C=O) groups excluding carboxylic acids is 11. The molecule has 29 nitrogen and oxygen atoms in total. The van der Waals surface area contributed by atoms with Crippen LogP contribution in [-0.4, -0.2) is 187 Å². The molecule has 0 aromatic carbocycles. The monoisotopic (exact) mass is 1150 g/mol. The van der Waals surface area contributed by atoms with E-state index in [1.54, 1.807) is 20.8 Å². The second kappa shape index (κ2) is 38.4. The summed E-state index contributed by atoms with van der Waals surface area (Å²) < 4.78 is 0. The molecule has 1 heterocycles. The maximum Gasteiger partial charge on any atom is 0.245 e. The van der Waals surface area contributed by atoms with Crippen LogP contribution in [0.3, 0.4) is 0 Å². The number of aliphatic hydroxyl groups is 2. The van der Waals surface area contributed by atoms with Gasteiger partial charge in [-0.25, -0.2) is 0 Å². The molecule has 0 aliphatic carbocycles. The summed E-state index contributed by atoms with van der Waals surface area (Å²) in [6.45, 7) is 14.3. The van der Waals surface area contributed by atoms with Crippen LogP contribution in [0.4, 0.5) is 0 Å². The first-order chi connectivity index (χ1) is 38.2. The Bertz CT molecular complexity index is 2100. The van der Waals surface area contributed by atoms with Crippen LogP contribution < -0.4 is 87.2 Å². The first-order valence-electron chi connectivity index (χ1n) is 28.0. The topological polar surface area (TPSA) is 491 Å². The SMILES string of the molecule is C=C(C)C[C@H]1NC(=O)[C@H](CCN)NC(=O)[C@@H](NC(=O)[C@H](CCN)NC(=O)[C@@H](NC(=O)[C@H](CCN)NC(=O)CCCC(C)CC)[C@@H](C)O)CCNC(=O)[C@H]([C@@H](C)O)NC(=O)[C@H](CCN)NC(=O)[C@H](CCN)NC(=O)[C@H](CC(C)C)NC1=O. The molecule has 11 amide bonds. The van der Waals surface area contributed by atoms with Gasteiger partial charge in [0.25, 0.3) is 0 Å². The standard InChI is InChI=1S/C52H96N16O13/c1-9-29(6)11-10-12-40(71)59-32(13-19-53)47(76)68-42(31(8)70)52(81)64-35(16-22-56)44(73)63-37-18-24-58-51(80)41(30(7)69)67-48(77)36(17-23-57)61-43(72)33(14-20-54)62-49(78)38(25-27(2)3)66-50(79)39(26-28(4)5)65-45(74)34(15-21-55)60-46(37)75/h27,29-39,41-42,69-70H,4,9-26,53-57H2,1-3,5-8H3,(H,58,80)(H,59,71)(H,60,75)(H,61,72)(H,62,78)(H,63,73)(H,64,81)(H,65,74)(H,66,79)(H,67,77)(H,68,76)/t29?,30-,31-,32+,33+,34+,35+,36+,37+,38+,39-,41+,42+/m1/s1. The fourth-order valence-electron chi connectivity index (χ4n) is 8.45. The molecule has 1 aliphatic heterocycles. The minimum atomic E-state index is -1.70. The predicted molar refractivity (Wildman–Crippen MR) is 301 cm³/mol. The van der Waals surface area contributed by atoms with E-state index < -0.39 is 151 Å². The highest BCUT2D eigenvalue weighted by Crippen LogP contribution is 2.13. The van der Waals surface area contributed by atoms with E-state index >= 15 is 0 Å². The summed E-state index contributed by atoms with van der Waals surface area (Å²) in [5, 5.41) is 49.3. The Kier molecular flexibility index (Phi) is 34.4. The highest BCUT2D eigenvalue weighted by molar-refractivity contribution is 5.99. The Balaban J connectivity index is 3.84. The second-order valence-electron chi connectivity index (χ2n) is 21.2. The van der Waals surface area contributed by atoms with Gasteiger partial charge in [-0.2, -0.15) is 0 Å². The zero-order valence-electron chi connectivity index (χ0n) is 48.3. The number of hydrogen-bond acceptors (Lipinski definition) is 18. The van der Waals surface area contributed by atoms with E-state index in [9.17, 15) is 63.0 Å². The molecule has 81 heavy (non-hydrogen) atoms. The normalized spacial score (nSPS) is 23.4. The molecule has 0 saturated carbocycles. The molecule has 1 fully saturated rings. The lowest BCUT2D eigenvalue weighted by molar-refractivity contribution is -0.137. The predicted octanol–water partition coefficient (Wildman–Crippen LogP) is -5.91. The van der Waals surface area contributed by atoms with Crippen molar-refractivity contribution >= 4 is 65.0 Å². The van der Waals surface area contributed by atoms with Gasteiger partial charge in [0.2, 0.25) is 65.0 Å². The van der Waals surface area contributed by atoms with Gasteiger partial charge in [-0.15, -0.1) is 6.58 Å². The largest absolute Gasteiger partial charge is 0.391 e. The van der Waals surface area contributed by atoms with Crippen molar-refractivity contribution in [2.75, 3.05) is 39.3 Å². The average molecular weight is 1150 g/mol. The molecule has 29 heteroatoms. The molecule has 1 saturated heterocycles. The summed E-state index contributed by atoms with van der Waals surface area (Å²) in [6, 6.07) is -14.7. The molecule has 23 N–H and O–H groups in total. The van der Waals surface area contributed by atoms with Crippen molar-refractivity contribution in [2.45, 2.75) is 198 Å². The third-order valence-electron chi connectivity index (χ3n) is 13.3. The Morgan fingerprint density at radius 1 is 0.593 bits per heavy atom. The number of hydrogen-bond donors (Lipinski definition) is 18. The Morgan fingerprint density at radius 2 is 1.06 bits per heavy atom. The lowest BCUT2D eigenvalue weighted by Crippen LogP contribution is -2.62. The van der Waals surface area contributed by atoms with E-state index in [4.69, 9.17) is 28.7 Å². The van der Waals surface area contributed by atoms with Gasteiger partial charge in [0, 0.05) is 13.0 Å². The van der Waals surface area contributed by atoms with E-state index in [0.29, 0.717) is 17.9 Å². The highest BCUT2D eigenvalue weighted by atomic mass is 16.3. The van der Waals surface area contributed by atoms with E-state index in [2.05, 4.69) is 72.0 Å². The maximum atomic E-state index is 14.4. The fourth-order valence-corrected chi connectivity index (χ4v) is 8.45. The van der Waals surface area contributed by atoms with Gasteiger partial charge < -0.3 is 97.4 Å². The van der Waals surface area contributed by atoms with Gasteiger partial charge >= 0.3 is 0 Å². The van der Waals surface area contributed by atoms with Crippen LogP contribution >= 0.6 is 0 Å². The summed E-state index contributed by atoms with van der Waals surface area (Å²) in [5.41, 5.74) is 29.6. The summed E-state index contributed by atoms with van der Waals surface area (Å²) in [6.07, 6.45) is -2.09. The third-order valence-corrected chi connectivity index (χ3v) is 13.3. The molecule has 1 aliphatic rings. The van der Waals surface area contributed by atoms with E-state index in [1.165, 1.54) is 13.8 Å². The average Bonchev–Trinajstić information content (AvgIpc) is 3.38. The van der Waals surface area contributed by atoms with Crippen molar-refractivity contribution in [3.8, 4) is 0 Å². The van der Waals surface area contributed by atoms with E-state index in [-0.39, 0.29) is 90.0 Å². The third kappa shape index (κ3) is 26.8. The van der Waals surface area contributed by atoms with Crippen LogP contribution in [0.1, 0.15) is 126 Å². The summed E-state index contributed by atoms with van der Waals surface area (Å²) in [4.78, 5) is 152. The summed E-state index contributed by atoms with van der Waals surface area (Å²) in [5.74, 6) is -9.59. The number of nitrogens with one attached hydrogen (secondary N) is 11. The van der Waals surface area contributed by atoms with Gasteiger partial charge in [0.05, 0.1) is 12.2 Å². The van der Waals surface area contributed by atoms with Crippen molar-refractivity contribution < 1.29 is 63.0 Å². The first-order valence-corrected chi connectivity index (χ1v) is 28.0. The molecule has 0 radical (unpaired) electrons. The van der Waals surface area contributed by atoms with Crippen molar-refractivity contribution in [1.82, 2.24) is 58.5 Å². The van der Waals surface area contributed by atoms with Crippen LogP contribution in [0.15, 0.2) is 12.2 Å². The van der Waals surface area contributed by atoms with Crippen molar-refractivity contribution in [3.05, 3.63) is 12.2 Å². The van der Waals surface area contributed by atoms with Gasteiger partial charge in [0.1, 0.15) is 60.4 Å². The van der Waals surface area contributed by atoms with E-state index in [1.807, 2.05) is 6.92 Å². The maximum absolute atomic E-state index is 14.4. The second-order valence-corrected chi connectivity index (χ2v) is 21.2. The minimum Gasteiger partial charge on any atom is -0.391 e. The van der Waals surface area contributed by atoms with E-state index in [0.717, 1.165) is 12.8 Å². The first kappa shape index (κ1) is 72.6. The number of amides is 11. The van der Waals surface area contributed by atoms with Crippen molar-refractivity contribution in [2.24, 2.45) is 40.5 Å². The molecule has 0 aromatic heterocycles. The molecular formula is C52H96N16O13. The number of nitrogens with two attached hydrogens (primary N) is 5. The van der Waals surface area contributed by atoms with Gasteiger partial charge in [-0.3, -0.25) is 52.7 Å². The van der Waals surface area contributed by atoms with Crippen molar-refractivity contribution in [1.29, 1.82) is 0 Å². The quantitative estimate of drug-likeness (QED) is 0.0324. The Hall–Kier alpha value is -6.37. The van der Waals surface area contributed by atoms with Crippen molar-refractivity contribution in [3.63, 3.8) is 0 Å². The molecule has 1 unspecified atom stereocenters. The van der Waals surface area contributed by atoms with Crippen LogP contribution in [0.5, 0.6) is 0 Å². The molecular weight excluding hydrogens is 1060 g/mol. The molecule has 0 aromatic rings. The number of rotatable bonds is 28. The molecule has 0 bridgehead atoms. The smallest absolute Gasteiger partial charge is 0.245 e. The van der Waals surface area contributed by atoms with Crippen LogP contribution in [0, 0.1) is 11.8 Å². The summed E-state index contributed by atoms with van der Waals surface area (Å²) >= 11 is 0. The van der Waals surface area contributed by atoms with Crippen LogP contribution in [0.2, 0.25) is 0 Å². The Labute approximate surface area is 475 Å². The lowest BCUT2D eigenvalue weighted by Gasteiger charge is -2.29. The highest BCUT2D eigenvalue weighted by Gasteiger charge is 2.37. The zero-order chi connectivity index (χ0) is 61.5. The Morgan fingerprint density at radius 3 is 1.53 bits per heavy atom. The van der Waals surface area contributed by atoms with Gasteiger partial charge in [-0.1, -0.05) is 46.1 Å².